The van der Waals surface area contributed by atoms with E-state index in [1.807, 2.05) is 0 Å². The van der Waals surface area contributed by atoms with Crippen molar-refractivity contribution in [2.75, 3.05) is 33.2 Å². The first-order chi connectivity index (χ1) is 7.70. The average molecular weight is 222 g/mol. The van der Waals surface area contributed by atoms with Gasteiger partial charge in [0.1, 0.15) is 0 Å². The largest absolute Gasteiger partial charge is 0.478 e. The summed E-state index contributed by atoms with van der Waals surface area (Å²) in [6.07, 6.45) is 0. The fourth-order valence-corrected chi connectivity index (χ4v) is 1.36. The molecular formula is C12H18N2O2. The van der Waals surface area contributed by atoms with E-state index in [-0.39, 0.29) is 0 Å². The first-order valence-electron chi connectivity index (χ1n) is 5.38. The molecule has 2 rings (SSSR count). The Kier molecular flexibility index (Phi) is 5.53. The van der Waals surface area contributed by atoms with Crippen LogP contribution in [-0.4, -0.2) is 49.2 Å². The molecule has 0 bridgehead atoms. The second-order valence-corrected chi connectivity index (χ2v) is 3.72. The minimum Gasteiger partial charge on any atom is -0.478 e. The highest BCUT2D eigenvalue weighted by Crippen LogP contribution is 1.96. The van der Waals surface area contributed by atoms with Crippen LogP contribution in [-0.2, 0) is 0 Å². The Bertz CT molecular complexity index is 308. The monoisotopic (exact) mass is 222 g/mol. The van der Waals surface area contributed by atoms with E-state index in [0.717, 1.165) is 13.1 Å². The summed E-state index contributed by atoms with van der Waals surface area (Å²) < 4.78 is 0. The molecule has 4 nitrogen and oxygen atoms in total. The van der Waals surface area contributed by atoms with Crippen LogP contribution >= 0.6 is 0 Å². The highest BCUT2D eigenvalue weighted by atomic mass is 16.4. The molecule has 1 aromatic carbocycles. The lowest BCUT2D eigenvalue weighted by molar-refractivity contribution is 0.0697. The van der Waals surface area contributed by atoms with E-state index in [0.29, 0.717) is 5.56 Å². The van der Waals surface area contributed by atoms with E-state index >= 15 is 0 Å². The normalized spacial score (nSPS) is 16.1. The highest BCUT2D eigenvalue weighted by molar-refractivity contribution is 5.87. The van der Waals surface area contributed by atoms with Crippen LogP contribution in [0, 0.1) is 0 Å². The van der Waals surface area contributed by atoms with Crippen LogP contribution in [0.2, 0.25) is 0 Å². The van der Waals surface area contributed by atoms with Crippen molar-refractivity contribution in [2.24, 2.45) is 0 Å². The fourth-order valence-electron chi connectivity index (χ4n) is 1.36. The highest BCUT2D eigenvalue weighted by Gasteiger charge is 2.01. The third-order valence-electron chi connectivity index (χ3n) is 2.36. The number of hydrogen-bond acceptors (Lipinski definition) is 3. The molecule has 0 saturated carbocycles. The molecule has 1 fully saturated rings. The summed E-state index contributed by atoms with van der Waals surface area (Å²) in [5, 5.41) is 11.7. The molecule has 1 saturated heterocycles. The van der Waals surface area contributed by atoms with Gasteiger partial charge in [0.05, 0.1) is 5.56 Å². The van der Waals surface area contributed by atoms with Crippen molar-refractivity contribution in [3.63, 3.8) is 0 Å². The number of likely N-dealkylation sites (N-methyl/N-ethyl adjacent to an activating group) is 1. The Morgan fingerprint density at radius 3 is 2.12 bits per heavy atom. The fraction of sp³-hybridized carbons (Fsp3) is 0.417. The molecule has 16 heavy (non-hydrogen) atoms. The van der Waals surface area contributed by atoms with Gasteiger partial charge in [0.15, 0.2) is 0 Å². The predicted octanol–water partition coefficient (Wildman–Crippen LogP) is 0.906. The second-order valence-electron chi connectivity index (χ2n) is 3.72. The van der Waals surface area contributed by atoms with Crippen molar-refractivity contribution in [3.8, 4) is 0 Å². The van der Waals surface area contributed by atoms with Crippen molar-refractivity contribution in [1.82, 2.24) is 10.2 Å². The summed E-state index contributed by atoms with van der Waals surface area (Å²) in [5.41, 5.74) is 0.331. The zero-order valence-electron chi connectivity index (χ0n) is 9.52. The maximum Gasteiger partial charge on any atom is 0.335 e. The van der Waals surface area contributed by atoms with Gasteiger partial charge in [0.2, 0.25) is 0 Å². The van der Waals surface area contributed by atoms with Gasteiger partial charge in [0.25, 0.3) is 0 Å². The predicted molar refractivity (Wildman–Crippen MR) is 63.8 cm³/mol. The van der Waals surface area contributed by atoms with Crippen molar-refractivity contribution < 1.29 is 9.90 Å². The second kappa shape index (κ2) is 6.98. The Labute approximate surface area is 95.9 Å². The summed E-state index contributed by atoms with van der Waals surface area (Å²) in [6.45, 7) is 4.74. The smallest absolute Gasteiger partial charge is 0.335 e. The maximum absolute atomic E-state index is 10.2. The molecule has 0 atom stereocenters. The van der Waals surface area contributed by atoms with Gasteiger partial charge in [-0.05, 0) is 19.2 Å². The van der Waals surface area contributed by atoms with Crippen molar-refractivity contribution in [2.45, 2.75) is 0 Å². The molecule has 88 valence electrons. The quantitative estimate of drug-likeness (QED) is 0.741. The summed E-state index contributed by atoms with van der Waals surface area (Å²) in [7, 11) is 2.15. The van der Waals surface area contributed by atoms with E-state index in [1.54, 1.807) is 30.3 Å². The van der Waals surface area contributed by atoms with Crippen molar-refractivity contribution in [1.29, 1.82) is 0 Å². The van der Waals surface area contributed by atoms with E-state index in [4.69, 9.17) is 5.11 Å². The molecular weight excluding hydrogens is 204 g/mol. The lowest BCUT2D eigenvalue weighted by atomic mass is 10.2. The number of carbonyl (C=O) groups is 1. The van der Waals surface area contributed by atoms with Gasteiger partial charge in [-0.25, -0.2) is 4.79 Å². The lowest BCUT2D eigenvalue weighted by Crippen LogP contribution is -2.40. The Morgan fingerprint density at radius 2 is 1.81 bits per heavy atom. The van der Waals surface area contributed by atoms with Crippen molar-refractivity contribution >= 4 is 5.97 Å². The van der Waals surface area contributed by atoms with Crippen molar-refractivity contribution in [3.05, 3.63) is 35.9 Å². The number of carboxylic acid groups (broad SMARTS) is 1. The number of aromatic carboxylic acids is 1. The molecule has 0 radical (unpaired) electrons. The van der Waals surface area contributed by atoms with Gasteiger partial charge >= 0.3 is 5.97 Å². The van der Waals surface area contributed by atoms with Crippen LogP contribution in [0.5, 0.6) is 0 Å². The molecule has 0 spiro atoms. The minimum atomic E-state index is -0.879. The summed E-state index contributed by atoms with van der Waals surface area (Å²) >= 11 is 0. The molecule has 0 aliphatic carbocycles. The standard InChI is InChI=1S/C7H6O2.C5H12N2/c8-7(9)6-4-2-1-3-5-6;1-7-4-2-6-3-5-7/h1-5H,(H,8,9);6H,2-5H2,1H3. The molecule has 2 N–H and O–H groups in total. The zero-order valence-corrected chi connectivity index (χ0v) is 9.52. The Balaban J connectivity index is 0.000000165. The zero-order chi connectivity index (χ0) is 11.8. The number of benzene rings is 1. The van der Waals surface area contributed by atoms with Gasteiger partial charge < -0.3 is 15.3 Å². The van der Waals surface area contributed by atoms with Gasteiger partial charge in [0, 0.05) is 26.2 Å². The third kappa shape index (κ3) is 4.91. The van der Waals surface area contributed by atoms with E-state index < -0.39 is 5.97 Å². The average Bonchev–Trinajstić information content (AvgIpc) is 2.32. The van der Waals surface area contributed by atoms with Crippen LogP contribution < -0.4 is 5.32 Å². The molecule has 4 heteroatoms. The summed E-state index contributed by atoms with van der Waals surface area (Å²) in [5.74, 6) is -0.879. The topological polar surface area (TPSA) is 52.6 Å². The maximum atomic E-state index is 10.2. The van der Waals surface area contributed by atoms with Gasteiger partial charge in [-0.2, -0.15) is 0 Å². The number of nitrogens with zero attached hydrogens (tertiary/aromatic N) is 1. The minimum absolute atomic E-state index is 0.331. The SMILES string of the molecule is CN1CCNCC1.O=C(O)c1ccccc1. The molecule has 0 unspecified atom stereocenters. The van der Waals surface area contributed by atoms with E-state index in [2.05, 4.69) is 17.3 Å². The Hall–Kier alpha value is -1.39. The summed E-state index contributed by atoms with van der Waals surface area (Å²) in [4.78, 5) is 12.5. The van der Waals surface area contributed by atoms with Crippen LogP contribution in [0.3, 0.4) is 0 Å². The van der Waals surface area contributed by atoms with Gasteiger partial charge in [-0.3, -0.25) is 0 Å². The number of carboxylic acids is 1. The van der Waals surface area contributed by atoms with Crippen LogP contribution in [0.1, 0.15) is 10.4 Å². The number of rotatable bonds is 1. The molecule has 1 heterocycles. The molecule has 1 aliphatic heterocycles. The summed E-state index contributed by atoms with van der Waals surface area (Å²) in [6, 6.07) is 8.30. The number of nitrogens with one attached hydrogen (secondary N) is 1. The first-order valence-corrected chi connectivity index (χ1v) is 5.38. The first kappa shape index (κ1) is 12.7. The van der Waals surface area contributed by atoms with Crippen LogP contribution in [0.25, 0.3) is 0 Å². The van der Waals surface area contributed by atoms with E-state index in [9.17, 15) is 4.79 Å². The van der Waals surface area contributed by atoms with Crippen LogP contribution in [0.4, 0.5) is 0 Å². The van der Waals surface area contributed by atoms with Crippen LogP contribution in [0.15, 0.2) is 30.3 Å². The number of piperazine rings is 1. The van der Waals surface area contributed by atoms with Gasteiger partial charge in [-0.15, -0.1) is 0 Å². The third-order valence-corrected chi connectivity index (χ3v) is 2.36. The number of hydrogen-bond donors (Lipinski definition) is 2. The molecule has 0 aromatic heterocycles. The molecule has 0 amide bonds. The molecule has 1 aliphatic rings. The Morgan fingerprint density at radius 1 is 1.25 bits per heavy atom. The van der Waals surface area contributed by atoms with Gasteiger partial charge in [-0.1, -0.05) is 18.2 Å². The van der Waals surface area contributed by atoms with E-state index in [1.165, 1.54) is 13.1 Å². The molecule has 1 aromatic rings. The lowest BCUT2D eigenvalue weighted by Gasteiger charge is -2.21.